The van der Waals surface area contributed by atoms with Crippen LogP contribution >= 0.6 is 0 Å². The van der Waals surface area contributed by atoms with Gasteiger partial charge < -0.3 is 10.1 Å². The Morgan fingerprint density at radius 1 is 1.09 bits per heavy atom. The molecule has 1 atom stereocenters. The molecule has 12 heteroatoms. The SMILES string of the molecule is CS(=N)(=O)c1cccc(NC(=O)c2cnc(C(F)(F)F)cc2Oc2ccc(F)cc2F)c1. The molecule has 1 amide bonds. The maximum Gasteiger partial charge on any atom is 0.433 e. The Labute approximate surface area is 179 Å². The molecule has 0 aliphatic heterocycles. The first-order chi connectivity index (χ1) is 14.8. The second-order valence-electron chi connectivity index (χ2n) is 6.57. The maximum absolute atomic E-state index is 14.0. The molecular weight excluding hydrogens is 457 g/mol. The van der Waals surface area contributed by atoms with E-state index >= 15 is 0 Å². The lowest BCUT2D eigenvalue weighted by atomic mass is 10.2. The van der Waals surface area contributed by atoms with Crippen molar-refractivity contribution in [1.29, 1.82) is 4.78 Å². The Morgan fingerprint density at radius 3 is 2.44 bits per heavy atom. The average Bonchev–Trinajstić information content (AvgIpc) is 2.69. The Kier molecular flexibility index (Phi) is 6.17. The number of ether oxygens (including phenoxy) is 1. The zero-order valence-electron chi connectivity index (χ0n) is 16.2. The normalized spacial score (nSPS) is 13.3. The average molecular weight is 471 g/mol. The van der Waals surface area contributed by atoms with Crippen LogP contribution in [0.1, 0.15) is 16.1 Å². The fourth-order valence-corrected chi connectivity index (χ4v) is 3.23. The summed E-state index contributed by atoms with van der Waals surface area (Å²) in [5.41, 5.74) is -1.77. The zero-order valence-corrected chi connectivity index (χ0v) is 17.0. The summed E-state index contributed by atoms with van der Waals surface area (Å²) >= 11 is 0. The van der Waals surface area contributed by atoms with Gasteiger partial charge >= 0.3 is 6.18 Å². The van der Waals surface area contributed by atoms with Crippen molar-refractivity contribution in [3.05, 3.63) is 77.6 Å². The number of aromatic nitrogens is 1. The number of nitrogens with zero attached hydrogens (tertiary/aromatic N) is 1. The van der Waals surface area contributed by atoms with Gasteiger partial charge in [0.05, 0.1) is 9.73 Å². The molecule has 0 bridgehead atoms. The highest BCUT2D eigenvalue weighted by Gasteiger charge is 2.34. The number of halogens is 5. The van der Waals surface area contributed by atoms with Crippen molar-refractivity contribution < 1.29 is 35.7 Å². The predicted molar refractivity (Wildman–Crippen MR) is 105 cm³/mol. The molecule has 0 aliphatic rings. The van der Waals surface area contributed by atoms with Crippen LogP contribution in [0.2, 0.25) is 0 Å². The van der Waals surface area contributed by atoms with E-state index in [1.807, 2.05) is 0 Å². The third kappa shape index (κ3) is 5.38. The van der Waals surface area contributed by atoms with Crippen molar-refractivity contribution in [3.63, 3.8) is 0 Å². The van der Waals surface area contributed by atoms with E-state index in [1.165, 1.54) is 30.5 Å². The third-order valence-electron chi connectivity index (χ3n) is 4.06. The Bertz CT molecular complexity index is 1290. The van der Waals surface area contributed by atoms with Gasteiger partial charge in [0.15, 0.2) is 11.6 Å². The number of alkyl halides is 3. The molecule has 3 aromatic rings. The van der Waals surface area contributed by atoms with Gasteiger partial charge in [0, 0.05) is 35.2 Å². The number of nitrogens with one attached hydrogen (secondary N) is 2. The van der Waals surface area contributed by atoms with E-state index in [0.29, 0.717) is 18.3 Å². The number of benzene rings is 2. The molecule has 1 unspecified atom stereocenters. The van der Waals surface area contributed by atoms with Crippen LogP contribution in [0.3, 0.4) is 0 Å². The van der Waals surface area contributed by atoms with Crippen molar-refractivity contribution in [1.82, 2.24) is 4.98 Å². The van der Waals surface area contributed by atoms with E-state index in [9.17, 15) is 31.0 Å². The van der Waals surface area contributed by atoms with Crippen LogP contribution in [-0.2, 0) is 15.9 Å². The molecule has 0 saturated carbocycles. The molecule has 32 heavy (non-hydrogen) atoms. The number of carbonyl (C=O) groups excluding carboxylic acids is 1. The van der Waals surface area contributed by atoms with Gasteiger partial charge in [-0.05, 0) is 30.3 Å². The standard InChI is InChI=1S/C20H14F5N3O3S/c1-32(26,30)13-4-2-3-12(8-13)28-19(29)14-10-27-18(20(23,24)25)9-17(14)31-16-6-5-11(21)7-15(16)22/h2-10,26H,1H3,(H,28,29). The highest BCUT2D eigenvalue weighted by molar-refractivity contribution is 7.91. The van der Waals surface area contributed by atoms with Crippen molar-refractivity contribution in [2.75, 3.05) is 11.6 Å². The van der Waals surface area contributed by atoms with E-state index in [1.54, 1.807) is 0 Å². The van der Waals surface area contributed by atoms with Gasteiger partial charge in [0.25, 0.3) is 5.91 Å². The van der Waals surface area contributed by atoms with Crippen molar-refractivity contribution in [2.45, 2.75) is 11.1 Å². The number of anilines is 1. The Balaban J connectivity index is 2.00. The number of rotatable bonds is 5. The Morgan fingerprint density at radius 2 is 1.81 bits per heavy atom. The zero-order chi connectivity index (χ0) is 23.7. The largest absolute Gasteiger partial charge is 0.453 e. The van der Waals surface area contributed by atoms with Crippen molar-refractivity contribution in [3.8, 4) is 11.5 Å². The van der Waals surface area contributed by atoms with Crippen LogP contribution < -0.4 is 10.1 Å². The van der Waals surface area contributed by atoms with E-state index < -0.39 is 56.2 Å². The van der Waals surface area contributed by atoms with Gasteiger partial charge in [-0.15, -0.1) is 0 Å². The van der Waals surface area contributed by atoms with E-state index in [0.717, 1.165) is 12.1 Å². The summed E-state index contributed by atoms with van der Waals surface area (Å²) in [4.78, 5) is 16.0. The van der Waals surface area contributed by atoms with Crippen molar-refractivity contribution in [2.24, 2.45) is 0 Å². The van der Waals surface area contributed by atoms with E-state index in [-0.39, 0.29) is 10.6 Å². The van der Waals surface area contributed by atoms with Gasteiger partial charge in [-0.2, -0.15) is 13.2 Å². The van der Waals surface area contributed by atoms with Crippen LogP contribution in [0.25, 0.3) is 0 Å². The van der Waals surface area contributed by atoms with Gasteiger partial charge in [-0.25, -0.2) is 17.8 Å². The number of pyridine rings is 1. The monoisotopic (exact) mass is 471 g/mol. The van der Waals surface area contributed by atoms with Gasteiger partial charge in [-0.1, -0.05) is 6.07 Å². The lowest BCUT2D eigenvalue weighted by Crippen LogP contribution is -2.16. The minimum Gasteiger partial charge on any atom is -0.453 e. The fourth-order valence-electron chi connectivity index (χ4n) is 2.54. The minimum atomic E-state index is -4.88. The molecular formula is C20H14F5N3O3S. The van der Waals surface area contributed by atoms with Crippen molar-refractivity contribution >= 4 is 21.3 Å². The molecule has 1 heterocycles. The first-order valence-corrected chi connectivity index (χ1v) is 10.7. The lowest BCUT2D eigenvalue weighted by molar-refractivity contribution is -0.141. The molecule has 0 aliphatic carbocycles. The summed E-state index contributed by atoms with van der Waals surface area (Å²) < 4.78 is 91.0. The van der Waals surface area contributed by atoms with Gasteiger partial charge in [0.2, 0.25) is 0 Å². The molecule has 0 spiro atoms. The smallest absolute Gasteiger partial charge is 0.433 e. The molecule has 0 saturated heterocycles. The molecule has 2 aromatic carbocycles. The first-order valence-electron chi connectivity index (χ1n) is 8.70. The number of carbonyl (C=O) groups is 1. The topological polar surface area (TPSA) is 92.1 Å². The molecule has 6 nitrogen and oxygen atoms in total. The summed E-state index contributed by atoms with van der Waals surface area (Å²) in [6.07, 6.45) is -3.10. The van der Waals surface area contributed by atoms with E-state index in [2.05, 4.69) is 10.3 Å². The summed E-state index contributed by atoms with van der Waals surface area (Å²) in [6, 6.07) is 8.09. The molecule has 2 N–H and O–H groups in total. The second-order valence-corrected chi connectivity index (χ2v) is 8.72. The second kappa shape index (κ2) is 8.54. The first kappa shape index (κ1) is 23.1. The summed E-state index contributed by atoms with van der Waals surface area (Å²) in [7, 11) is -3.09. The number of hydrogen-bond acceptors (Lipinski definition) is 5. The quantitative estimate of drug-likeness (QED) is 0.484. The summed E-state index contributed by atoms with van der Waals surface area (Å²) in [6.45, 7) is 0. The molecule has 0 fully saturated rings. The van der Waals surface area contributed by atoms with Crippen LogP contribution in [0.4, 0.5) is 27.6 Å². The van der Waals surface area contributed by atoms with E-state index in [4.69, 9.17) is 9.52 Å². The predicted octanol–water partition coefficient (Wildman–Crippen LogP) is 5.46. The number of hydrogen-bond donors (Lipinski definition) is 2. The van der Waals surface area contributed by atoms with Crippen LogP contribution in [0.15, 0.2) is 59.6 Å². The summed E-state index contributed by atoms with van der Waals surface area (Å²) in [5, 5.41) is 2.38. The van der Waals surface area contributed by atoms with Gasteiger partial charge in [-0.3, -0.25) is 9.78 Å². The van der Waals surface area contributed by atoms with Crippen LogP contribution in [0, 0.1) is 16.4 Å². The molecule has 0 radical (unpaired) electrons. The van der Waals surface area contributed by atoms with Crippen LogP contribution in [-0.4, -0.2) is 21.4 Å². The fraction of sp³-hybridized carbons (Fsp3) is 0.100. The lowest BCUT2D eigenvalue weighted by Gasteiger charge is -2.14. The molecule has 168 valence electrons. The molecule has 3 rings (SSSR count). The highest BCUT2D eigenvalue weighted by Crippen LogP contribution is 2.34. The Hall–Kier alpha value is -3.54. The maximum atomic E-state index is 14.0. The summed E-state index contributed by atoms with van der Waals surface area (Å²) in [5.74, 6) is -4.37. The third-order valence-corrected chi connectivity index (χ3v) is 5.21. The van der Waals surface area contributed by atoms with Gasteiger partial charge in [0.1, 0.15) is 22.8 Å². The highest BCUT2D eigenvalue weighted by atomic mass is 32.2. The number of amides is 1. The molecule has 1 aromatic heterocycles. The van der Waals surface area contributed by atoms with Crippen LogP contribution in [0.5, 0.6) is 11.5 Å². The minimum absolute atomic E-state index is 0.105.